The van der Waals surface area contributed by atoms with E-state index in [1.54, 1.807) is 12.4 Å². The Kier molecular flexibility index (Phi) is 6.36. The van der Waals surface area contributed by atoms with Crippen molar-refractivity contribution >= 4 is 16.7 Å². The lowest BCUT2D eigenvalue weighted by molar-refractivity contribution is 0.0992. The van der Waals surface area contributed by atoms with Crippen molar-refractivity contribution in [3.8, 4) is 11.1 Å². The average Bonchev–Trinajstić information content (AvgIpc) is 2.89. The van der Waals surface area contributed by atoms with Crippen molar-refractivity contribution in [2.45, 2.75) is 31.6 Å². The number of carbonyl (C=O) groups excluding carboxylic acids is 1. The highest BCUT2D eigenvalue weighted by molar-refractivity contribution is 5.98. The molecule has 1 saturated heterocycles. The van der Waals surface area contributed by atoms with Crippen LogP contribution in [-0.4, -0.2) is 33.8 Å². The molecule has 1 N–H and O–H groups in total. The predicted octanol–water partition coefficient (Wildman–Crippen LogP) is 5.52. The Hall–Kier alpha value is -3.58. The van der Waals surface area contributed by atoms with Gasteiger partial charge in [-0.25, -0.2) is 8.78 Å². The number of hydrogen-bond acceptors (Lipinski definition) is 5. The molecule has 0 atom stereocenters. The fourth-order valence-corrected chi connectivity index (χ4v) is 4.45. The molecule has 1 aromatic carbocycles. The molecular weight excluding hydrogens is 434 g/mol. The van der Waals surface area contributed by atoms with Crippen LogP contribution in [0.15, 0.2) is 67.3 Å². The minimum atomic E-state index is -2.59. The molecule has 4 heterocycles. The second-order valence-corrected chi connectivity index (χ2v) is 8.65. The van der Waals surface area contributed by atoms with E-state index in [0.29, 0.717) is 33.8 Å². The maximum atomic E-state index is 13.1. The summed E-state index contributed by atoms with van der Waals surface area (Å²) in [6.07, 6.45) is 5.71. The number of halogens is 2. The van der Waals surface area contributed by atoms with Crippen LogP contribution in [0.25, 0.3) is 22.0 Å². The first-order valence-corrected chi connectivity index (χ1v) is 11.4. The van der Waals surface area contributed by atoms with Crippen LogP contribution >= 0.6 is 0 Å². The first-order valence-electron chi connectivity index (χ1n) is 11.4. The third-order valence-electron chi connectivity index (χ3n) is 6.33. The number of pyridine rings is 3. The molecule has 3 aromatic heterocycles. The zero-order valence-corrected chi connectivity index (χ0v) is 18.5. The number of benzene rings is 1. The zero-order valence-electron chi connectivity index (χ0n) is 18.5. The summed E-state index contributed by atoms with van der Waals surface area (Å²) >= 11 is 0. The van der Waals surface area contributed by atoms with E-state index in [4.69, 9.17) is 0 Å². The highest BCUT2D eigenvalue weighted by atomic mass is 19.3. The Morgan fingerprint density at radius 3 is 2.62 bits per heavy atom. The topological polar surface area (TPSA) is 67.8 Å². The highest BCUT2D eigenvalue weighted by Gasteiger charge is 2.17. The van der Waals surface area contributed by atoms with E-state index in [-0.39, 0.29) is 17.8 Å². The van der Waals surface area contributed by atoms with Crippen molar-refractivity contribution in [3.63, 3.8) is 0 Å². The largest absolute Gasteiger partial charge is 0.317 e. The molecule has 5 nitrogen and oxygen atoms in total. The standard InChI is InChI=1S/C27H24F2N4O/c28-27(29)23-10-21(13-31-14-23)22-9-20-11-24(32-16-25(20)33-15-22)12-26(34)19-3-1-2-18(8-19)17-4-6-30-7-5-17/h1-3,8-11,13-17,27,30H,4-7,12H2. The lowest BCUT2D eigenvalue weighted by atomic mass is 9.88. The number of aromatic nitrogens is 3. The van der Waals surface area contributed by atoms with Gasteiger partial charge in [-0.2, -0.15) is 0 Å². The Labute approximate surface area is 196 Å². The van der Waals surface area contributed by atoms with Crippen molar-refractivity contribution in [1.82, 2.24) is 20.3 Å². The summed E-state index contributed by atoms with van der Waals surface area (Å²) in [5.74, 6) is 0.496. The van der Waals surface area contributed by atoms with Gasteiger partial charge in [-0.15, -0.1) is 0 Å². The number of piperidine rings is 1. The number of nitrogens with zero attached hydrogens (tertiary/aromatic N) is 3. The van der Waals surface area contributed by atoms with Crippen molar-refractivity contribution < 1.29 is 13.6 Å². The maximum absolute atomic E-state index is 13.1. The third kappa shape index (κ3) is 4.84. The van der Waals surface area contributed by atoms with E-state index in [2.05, 4.69) is 26.3 Å². The molecule has 5 rings (SSSR count). The van der Waals surface area contributed by atoms with Crippen LogP contribution < -0.4 is 5.32 Å². The minimum absolute atomic E-state index is 0.0144. The van der Waals surface area contributed by atoms with Gasteiger partial charge in [0.15, 0.2) is 5.78 Å². The summed E-state index contributed by atoms with van der Waals surface area (Å²) in [5, 5.41) is 4.17. The van der Waals surface area contributed by atoms with Gasteiger partial charge in [0.25, 0.3) is 6.43 Å². The molecule has 1 fully saturated rings. The zero-order chi connectivity index (χ0) is 23.5. The van der Waals surface area contributed by atoms with Crippen LogP contribution in [0.5, 0.6) is 0 Å². The Balaban J connectivity index is 1.38. The molecule has 0 saturated carbocycles. The number of alkyl halides is 2. The molecule has 0 aliphatic carbocycles. The van der Waals surface area contributed by atoms with Crippen LogP contribution in [0.1, 0.15) is 52.4 Å². The van der Waals surface area contributed by atoms with Gasteiger partial charge in [0, 0.05) is 51.9 Å². The summed E-state index contributed by atoms with van der Waals surface area (Å²) in [6.45, 7) is 2.00. The summed E-state index contributed by atoms with van der Waals surface area (Å²) < 4.78 is 26.1. The molecule has 1 aliphatic rings. The Morgan fingerprint density at radius 2 is 1.79 bits per heavy atom. The van der Waals surface area contributed by atoms with Gasteiger partial charge in [-0.05, 0) is 61.7 Å². The van der Waals surface area contributed by atoms with Crippen LogP contribution in [-0.2, 0) is 6.42 Å². The van der Waals surface area contributed by atoms with Gasteiger partial charge in [-0.3, -0.25) is 19.7 Å². The molecule has 1 aliphatic heterocycles. The van der Waals surface area contributed by atoms with Gasteiger partial charge >= 0.3 is 0 Å². The number of rotatable bonds is 6. The smallest absolute Gasteiger partial charge is 0.265 e. The fourth-order valence-electron chi connectivity index (χ4n) is 4.45. The Bertz CT molecular complexity index is 1340. The number of Topliss-reactive ketones (excluding diaryl/α,β-unsaturated/α-hetero) is 1. The number of fused-ring (bicyclic) bond motifs is 1. The predicted molar refractivity (Wildman–Crippen MR) is 127 cm³/mol. The van der Waals surface area contributed by atoms with Gasteiger partial charge in [0.05, 0.1) is 18.1 Å². The van der Waals surface area contributed by atoms with Crippen LogP contribution in [0.2, 0.25) is 0 Å². The molecular formula is C27H24F2N4O. The minimum Gasteiger partial charge on any atom is -0.317 e. The molecule has 0 amide bonds. The molecule has 172 valence electrons. The second kappa shape index (κ2) is 9.73. The number of ketones is 1. The monoisotopic (exact) mass is 458 g/mol. The molecule has 0 bridgehead atoms. The summed E-state index contributed by atoms with van der Waals surface area (Å²) in [4.78, 5) is 25.8. The second-order valence-electron chi connectivity index (χ2n) is 8.65. The first kappa shape index (κ1) is 22.2. The van der Waals surface area contributed by atoms with E-state index in [0.717, 1.165) is 37.5 Å². The molecule has 0 radical (unpaired) electrons. The fraction of sp³-hybridized carbons (Fsp3) is 0.259. The van der Waals surface area contributed by atoms with E-state index in [1.165, 1.54) is 17.8 Å². The van der Waals surface area contributed by atoms with Gasteiger partial charge < -0.3 is 5.32 Å². The lowest BCUT2D eigenvalue weighted by Gasteiger charge is -2.23. The molecule has 0 spiro atoms. The molecule has 7 heteroatoms. The Morgan fingerprint density at radius 1 is 0.971 bits per heavy atom. The van der Waals surface area contributed by atoms with Crippen molar-refractivity contribution in [2.75, 3.05) is 13.1 Å². The van der Waals surface area contributed by atoms with Crippen molar-refractivity contribution in [1.29, 1.82) is 0 Å². The van der Waals surface area contributed by atoms with Gasteiger partial charge in [0.1, 0.15) is 0 Å². The number of carbonyl (C=O) groups is 1. The molecule has 0 unspecified atom stereocenters. The van der Waals surface area contributed by atoms with Gasteiger partial charge in [0.2, 0.25) is 0 Å². The van der Waals surface area contributed by atoms with Crippen LogP contribution in [0, 0.1) is 0 Å². The maximum Gasteiger partial charge on any atom is 0.265 e. The summed E-state index contributed by atoms with van der Waals surface area (Å²) in [7, 11) is 0. The van der Waals surface area contributed by atoms with Crippen LogP contribution in [0.3, 0.4) is 0 Å². The third-order valence-corrected chi connectivity index (χ3v) is 6.33. The van der Waals surface area contributed by atoms with E-state index >= 15 is 0 Å². The normalized spacial score (nSPS) is 14.6. The average molecular weight is 459 g/mol. The van der Waals surface area contributed by atoms with E-state index < -0.39 is 6.43 Å². The van der Waals surface area contributed by atoms with Crippen molar-refractivity contribution in [2.24, 2.45) is 0 Å². The highest BCUT2D eigenvalue weighted by Crippen LogP contribution is 2.28. The lowest BCUT2D eigenvalue weighted by Crippen LogP contribution is -2.26. The van der Waals surface area contributed by atoms with E-state index in [9.17, 15) is 13.6 Å². The summed E-state index contributed by atoms with van der Waals surface area (Å²) in [5.41, 5.74) is 4.34. The number of hydrogen-bond donors (Lipinski definition) is 1. The quantitative estimate of drug-likeness (QED) is 0.385. The molecule has 4 aromatic rings. The van der Waals surface area contributed by atoms with Gasteiger partial charge in [-0.1, -0.05) is 18.2 Å². The first-order chi connectivity index (χ1) is 16.6. The van der Waals surface area contributed by atoms with Crippen molar-refractivity contribution in [3.05, 3.63) is 89.6 Å². The molecule has 34 heavy (non-hydrogen) atoms. The SMILES string of the molecule is O=C(Cc1cc2cc(-c3cncc(C(F)F)c3)cnc2cn1)c1cccc(C2CCNCC2)c1. The number of nitrogens with one attached hydrogen (secondary N) is 1. The summed E-state index contributed by atoms with van der Waals surface area (Å²) in [6, 6.07) is 13.1. The van der Waals surface area contributed by atoms with E-state index in [1.807, 2.05) is 30.3 Å². The van der Waals surface area contributed by atoms with Crippen LogP contribution in [0.4, 0.5) is 8.78 Å².